The van der Waals surface area contributed by atoms with Crippen molar-refractivity contribution in [1.29, 1.82) is 0 Å². The van der Waals surface area contributed by atoms with Gasteiger partial charge in [-0.15, -0.1) is 0 Å². The van der Waals surface area contributed by atoms with Gasteiger partial charge in [0.1, 0.15) is 5.75 Å². The number of aryl methyl sites for hydroxylation is 1. The van der Waals surface area contributed by atoms with Crippen LogP contribution in [0.4, 0.5) is 5.69 Å². The lowest BCUT2D eigenvalue weighted by Crippen LogP contribution is -2.24. The summed E-state index contributed by atoms with van der Waals surface area (Å²) < 4.78 is 0. The van der Waals surface area contributed by atoms with Crippen molar-refractivity contribution in [3.8, 4) is 5.75 Å². The van der Waals surface area contributed by atoms with Crippen molar-refractivity contribution >= 4 is 11.6 Å². The molecule has 1 aromatic rings. The Morgan fingerprint density at radius 2 is 2.11 bits per heavy atom. The minimum absolute atomic E-state index is 0.0340. The van der Waals surface area contributed by atoms with Gasteiger partial charge in [-0.25, -0.2) is 0 Å². The number of rotatable bonds is 2. The van der Waals surface area contributed by atoms with Crippen LogP contribution in [0, 0.1) is 19.8 Å². The van der Waals surface area contributed by atoms with E-state index in [0.29, 0.717) is 17.7 Å². The van der Waals surface area contributed by atoms with Gasteiger partial charge < -0.3 is 16.2 Å². The predicted octanol–water partition coefficient (Wildman–Crippen LogP) is 1.85. The second kappa shape index (κ2) is 4.82. The molecule has 1 aromatic carbocycles. The van der Waals surface area contributed by atoms with Crippen LogP contribution in [0.5, 0.6) is 5.75 Å². The van der Waals surface area contributed by atoms with E-state index < -0.39 is 0 Å². The van der Waals surface area contributed by atoms with Crippen LogP contribution in [-0.2, 0) is 4.79 Å². The number of hydrogen-bond donors (Lipinski definition) is 3. The van der Waals surface area contributed by atoms with Crippen molar-refractivity contribution in [3.05, 3.63) is 35.4 Å². The zero-order valence-corrected chi connectivity index (χ0v) is 10.6. The molecule has 4 heteroatoms. The number of phenolic OH excluding ortho intramolecular Hbond substituents is 1. The monoisotopic (exact) mass is 246 g/mol. The second-order valence-electron chi connectivity index (χ2n) is 4.78. The van der Waals surface area contributed by atoms with E-state index in [1.54, 1.807) is 19.1 Å². The summed E-state index contributed by atoms with van der Waals surface area (Å²) >= 11 is 0. The summed E-state index contributed by atoms with van der Waals surface area (Å²) in [5, 5.41) is 12.7. The van der Waals surface area contributed by atoms with E-state index in [1.807, 2.05) is 19.1 Å². The lowest BCUT2D eigenvalue weighted by atomic mass is 10.1. The molecule has 0 radical (unpaired) electrons. The maximum Gasteiger partial charge on any atom is 0.231 e. The fraction of sp³-hybridized carbons (Fsp3) is 0.357. The first-order valence-electron chi connectivity index (χ1n) is 6.03. The SMILES string of the molecule is Cc1ccc(NC(=O)C2C=CC(N)C2)c(C)c1O. The highest BCUT2D eigenvalue weighted by atomic mass is 16.3. The highest BCUT2D eigenvalue weighted by Crippen LogP contribution is 2.29. The van der Waals surface area contributed by atoms with E-state index in [-0.39, 0.29) is 23.6 Å². The molecule has 0 aliphatic heterocycles. The molecular weight excluding hydrogens is 228 g/mol. The smallest absolute Gasteiger partial charge is 0.231 e. The van der Waals surface area contributed by atoms with Gasteiger partial charge in [0.2, 0.25) is 5.91 Å². The molecule has 18 heavy (non-hydrogen) atoms. The summed E-state index contributed by atoms with van der Waals surface area (Å²) in [4.78, 5) is 12.0. The molecule has 1 amide bonds. The van der Waals surface area contributed by atoms with Gasteiger partial charge in [-0.3, -0.25) is 4.79 Å². The van der Waals surface area contributed by atoms with Gasteiger partial charge >= 0.3 is 0 Å². The molecule has 4 nitrogen and oxygen atoms in total. The minimum Gasteiger partial charge on any atom is -0.507 e. The van der Waals surface area contributed by atoms with E-state index in [4.69, 9.17) is 5.73 Å². The number of phenols is 1. The molecule has 1 aliphatic carbocycles. The number of nitrogens with one attached hydrogen (secondary N) is 1. The minimum atomic E-state index is -0.178. The van der Waals surface area contributed by atoms with Gasteiger partial charge in [0.15, 0.2) is 0 Å². The fourth-order valence-corrected chi connectivity index (χ4v) is 2.12. The summed E-state index contributed by atoms with van der Waals surface area (Å²) in [6.45, 7) is 3.61. The Hall–Kier alpha value is -1.81. The Labute approximate surface area is 107 Å². The summed E-state index contributed by atoms with van der Waals surface area (Å²) in [5.41, 5.74) is 7.86. The average Bonchev–Trinajstić information content (AvgIpc) is 2.77. The molecule has 0 saturated carbocycles. The number of aromatic hydroxyl groups is 1. The van der Waals surface area contributed by atoms with E-state index in [0.717, 1.165) is 5.56 Å². The van der Waals surface area contributed by atoms with Gasteiger partial charge in [-0.2, -0.15) is 0 Å². The number of anilines is 1. The van der Waals surface area contributed by atoms with E-state index in [1.165, 1.54) is 0 Å². The molecule has 1 aliphatic rings. The first-order valence-corrected chi connectivity index (χ1v) is 6.03. The maximum absolute atomic E-state index is 12.0. The number of hydrogen-bond acceptors (Lipinski definition) is 3. The van der Waals surface area contributed by atoms with Gasteiger partial charge in [0, 0.05) is 17.3 Å². The first-order chi connectivity index (χ1) is 8.49. The van der Waals surface area contributed by atoms with Crippen LogP contribution < -0.4 is 11.1 Å². The third-order valence-electron chi connectivity index (χ3n) is 3.34. The standard InChI is InChI=1S/C14H18N2O2/c1-8-3-6-12(9(2)13(8)17)16-14(18)10-4-5-11(15)7-10/h3-6,10-11,17H,7,15H2,1-2H3,(H,16,18). The van der Waals surface area contributed by atoms with E-state index in [9.17, 15) is 9.90 Å². The Kier molecular flexibility index (Phi) is 3.39. The molecule has 2 unspecified atom stereocenters. The van der Waals surface area contributed by atoms with Crippen LogP contribution >= 0.6 is 0 Å². The van der Waals surface area contributed by atoms with Crippen molar-refractivity contribution in [3.63, 3.8) is 0 Å². The van der Waals surface area contributed by atoms with Crippen molar-refractivity contribution < 1.29 is 9.90 Å². The van der Waals surface area contributed by atoms with E-state index in [2.05, 4.69) is 5.32 Å². The van der Waals surface area contributed by atoms with Crippen LogP contribution in [0.2, 0.25) is 0 Å². The fourth-order valence-electron chi connectivity index (χ4n) is 2.12. The number of nitrogens with two attached hydrogens (primary N) is 1. The molecule has 0 heterocycles. The van der Waals surface area contributed by atoms with Crippen LogP contribution in [0.3, 0.4) is 0 Å². The summed E-state index contributed by atoms with van der Waals surface area (Å²) in [6.07, 6.45) is 4.33. The third kappa shape index (κ3) is 2.38. The topological polar surface area (TPSA) is 75.4 Å². The molecule has 2 atom stereocenters. The van der Waals surface area contributed by atoms with Crippen molar-refractivity contribution in [2.75, 3.05) is 5.32 Å². The zero-order valence-electron chi connectivity index (χ0n) is 10.6. The predicted molar refractivity (Wildman–Crippen MR) is 71.4 cm³/mol. The third-order valence-corrected chi connectivity index (χ3v) is 3.34. The molecule has 0 saturated heterocycles. The van der Waals surface area contributed by atoms with Crippen molar-refractivity contribution in [1.82, 2.24) is 0 Å². The number of benzene rings is 1. The van der Waals surface area contributed by atoms with Crippen LogP contribution in [-0.4, -0.2) is 17.1 Å². The molecular formula is C14H18N2O2. The number of carbonyl (C=O) groups excluding carboxylic acids is 1. The summed E-state index contributed by atoms with van der Waals surface area (Å²) in [7, 11) is 0. The second-order valence-corrected chi connectivity index (χ2v) is 4.78. The van der Waals surface area contributed by atoms with Gasteiger partial charge in [-0.05, 0) is 31.9 Å². The summed E-state index contributed by atoms with van der Waals surface area (Å²) in [6, 6.07) is 3.56. The molecule has 4 N–H and O–H groups in total. The largest absolute Gasteiger partial charge is 0.507 e. The van der Waals surface area contributed by atoms with Crippen LogP contribution in [0.1, 0.15) is 17.5 Å². The molecule has 2 rings (SSSR count). The van der Waals surface area contributed by atoms with Gasteiger partial charge in [0.05, 0.1) is 5.92 Å². The molecule has 0 fully saturated rings. The normalized spacial score (nSPS) is 22.2. The van der Waals surface area contributed by atoms with Gasteiger partial charge in [-0.1, -0.05) is 18.2 Å². The number of amides is 1. The Morgan fingerprint density at radius 3 is 2.72 bits per heavy atom. The quantitative estimate of drug-likeness (QED) is 0.697. The average molecular weight is 246 g/mol. The summed E-state index contributed by atoms with van der Waals surface area (Å²) in [5.74, 6) is -0.0279. The van der Waals surface area contributed by atoms with Crippen LogP contribution in [0.25, 0.3) is 0 Å². The van der Waals surface area contributed by atoms with Crippen molar-refractivity contribution in [2.45, 2.75) is 26.3 Å². The Bertz CT molecular complexity index is 509. The lowest BCUT2D eigenvalue weighted by molar-refractivity contribution is -0.118. The van der Waals surface area contributed by atoms with Crippen LogP contribution in [0.15, 0.2) is 24.3 Å². The first kappa shape index (κ1) is 12.6. The Morgan fingerprint density at radius 1 is 1.39 bits per heavy atom. The Balaban J connectivity index is 2.13. The molecule has 0 bridgehead atoms. The van der Waals surface area contributed by atoms with Crippen molar-refractivity contribution in [2.24, 2.45) is 11.7 Å². The highest BCUT2D eigenvalue weighted by Gasteiger charge is 2.23. The zero-order chi connectivity index (χ0) is 13.3. The van der Waals surface area contributed by atoms with E-state index >= 15 is 0 Å². The van der Waals surface area contributed by atoms with Gasteiger partial charge in [0.25, 0.3) is 0 Å². The lowest BCUT2D eigenvalue weighted by Gasteiger charge is -2.14. The molecule has 96 valence electrons. The number of carbonyl (C=O) groups is 1. The highest BCUT2D eigenvalue weighted by molar-refractivity contribution is 5.95. The molecule has 0 aromatic heterocycles. The molecule has 0 spiro atoms. The maximum atomic E-state index is 12.0.